The van der Waals surface area contributed by atoms with Crippen molar-refractivity contribution in [3.05, 3.63) is 30.7 Å². The summed E-state index contributed by atoms with van der Waals surface area (Å²) in [6.07, 6.45) is 5.04. The van der Waals surface area contributed by atoms with E-state index in [1.165, 1.54) is 11.7 Å². The third-order valence-electron chi connectivity index (χ3n) is 2.41. The zero-order chi connectivity index (χ0) is 13.0. The molecule has 1 N–H and O–H groups in total. The van der Waals surface area contributed by atoms with Crippen molar-refractivity contribution in [2.45, 2.75) is 6.54 Å². The van der Waals surface area contributed by atoms with Crippen LogP contribution in [-0.4, -0.2) is 41.2 Å². The van der Waals surface area contributed by atoms with Gasteiger partial charge in [-0.3, -0.25) is 9.67 Å². The van der Waals surface area contributed by atoms with E-state index in [9.17, 15) is 8.42 Å². The highest BCUT2D eigenvalue weighted by Gasteiger charge is 2.09. The average molecular weight is 267 g/mol. The number of aryl methyl sites for hydroxylation is 1. The summed E-state index contributed by atoms with van der Waals surface area (Å²) in [7, 11) is -1.83. The molecule has 0 aliphatic heterocycles. The molecule has 0 bridgehead atoms. The molecule has 2 heterocycles. The Bertz CT molecular complexity index is 608. The Balaban J connectivity index is 2.08. The van der Waals surface area contributed by atoms with Crippen molar-refractivity contribution in [3.63, 3.8) is 0 Å². The smallest absolute Gasteiger partial charge is 0.213 e. The van der Waals surface area contributed by atoms with E-state index in [0.29, 0.717) is 5.69 Å². The van der Waals surface area contributed by atoms with Crippen molar-refractivity contribution in [2.75, 3.05) is 12.8 Å². The zero-order valence-corrected chi connectivity index (χ0v) is 10.6. The van der Waals surface area contributed by atoms with Gasteiger partial charge < -0.3 is 0 Å². The Kier molecular flexibility index (Phi) is 3.68. The molecule has 2 aromatic heterocycles. The minimum Gasteiger partial charge on any atom is -0.265 e. The fourth-order valence-corrected chi connectivity index (χ4v) is 2.01. The third-order valence-corrected chi connectivity index (χ3v) is 3.76. The fourth-order valence-electron chi connectivity index (χ4n) is 1.38. The van der Waals surface area contributed by atoms with E-state index in [4.69, 9.17) is 0 Å². The molecular formula is C10H13N5O2S. The predicted molar refractivity (Wildman–Crippen MR) is 66.1 cm³/mol. The molecule has 2 aromatic rings. The first-order valence-electron chi connectivity index (χ1n) is 5.32. The fraction of sp³-hybridized carbons (Fsp3) is 0.300. The number of pyridine rings is 1. The standard InChI is InChI=1S/C10H13N5O2S/c1-11-18(16,17)7-6-15-8-10(13-14-15)9-2-4-12-5-3-9/h2-5,8,11H,6-7H2,1H3. The highest BCUT2D eigenvalue weighted by Crippen LogP contribution is 2.13. The van der Waals surface area contributed by atoms with Crippen LogP contribution in [0.1, 0.15) is 0 Å². The molecule has 0 atom stereocenters. The van der Waals surface area contributed by atoms with Gasteiger partial charge in [-0.1, -0.05) is 5.21 Å². The van der Waals surface area contributed by atoms with E-state index < -0.39 is 10.0 Å². The maximum Gasteiger partial charge on any atom is 0.213 e. The molecule has 0 saturated heterocycles. The molecule has 2 rings (SSSR count). The number of aromatic nitrogens is 4. The Labute approximate surface area is 105 Å². The van der Waals surface area contributed by atoms with E-state index in [1.807, 2.05) is 12.1 Å². The topological polar surface area (TPSA) is 89.8 Å². The Morgan fingerprint density at radius 1 is 1.33 bits per heavy atom. The van der Waals surface area contributed by atoms with Gasteiger partial charge in [0.2, 0.25) is 10.0 Å². The summed E-state index contributed by atoms with van der Waals surface area (Å²) in [5.41, 5.74) is 1.59. The molecule has 0 unspecified atom stereocenters. The van der Waals surface area contributed by atoms with Crippen LogP contribution in [0, 0.1) is 0 Å². The third kappa shape index (κ3) is 3.11. The molecule has 18 heavy (non-hydrogen) atoms. The van der Waals surface area contributed by atoms with Gasteiger partial charge in [-0.25, -0.2) is 13.1 Å². The Morgan fingerprint density at radius 3 is 2.72 bits per heavy atom. The maximum absolute atomic E-state index is 11.3. The van der Waals surface area contributed by atoms with Crippen LogP contribution in [0.15, 0.2) is 30.7 Å². The molecule has 8 heteroatoms. The molecule has 0 spiro atoms. The van der Waals surface area contributed by atoms with Gasteiger partial charge in [-0.2, -0.15) is 0 Å². The molecule has 0 aliphatic rings. The molecule has 0 radical (unpaired) electrons. The van der Waals surface area contributed by atoms with E-state index in [2.05, 4.69) is 20.0 Å². The maximum atomic E-state index is 11.3. The van der Waals surface area contributed by atoms with Gasteiger partial charge in [-0.15, -0.1) is 5.10 Å². The van der Waals surface area contributed by atoms with Crippen molar-refractivity contribution < 1.29 is 8.42 Å². The van der Waals surface area contributed by atoms with Crippen LogP contribution in [0.2, 0.25) is 0 Å². The molecule has 0 fully saturated rings. The first-order chi connectivity index (χ1) is 8.61. The van der Waals surface area contributed by atoms with Gasteiger partial charge in [-0.05, 0) is 19.2 Å². The van der Waals surface area contributed by atoms with E-state index in [0.717, 1.165) is 5.56 Å². The lowest BCUT2D eigenvalue weighted by molar-refractivity contribution is 0.568. The normalized spacial score (nSPS) is 11.6. The summed E-state index contributed by atoms with van der Waals surface area (Å²) in [5.74, 6) is -0.0252. The van der Waals surface area contributed by atoms with Gasteiger partial charge in [0.05, 0.1) is 18.5 Å². The highest BCUT2D eigenvalue weighted by atomic mass is 32.2. The average Bonchev–Trinajstić information content (AvgIpc) is 2.86. The molecule has 96 valence electrons. The summed E-state index contributed by atoms with van der Waals surface area (Å²) in [6, 6.07) is 3.64. The SMILES string of the molecule is CNS(=O)(=O)CCn1cc(-c2ccncc2)nn1. The summed E-state index contributed by atoms with van der Waals surface area (Å²) < 4.78 is 26.3. The van der Waals surface area contributed by atoms with Crippen molar-refractivity contribution in [1.29, 1.82) is 0 Å². The van der Waals surface area contributed by atoms with Crippen LogP contribution >= 0.6 is 0 Å². The largest absolute Gasteiger partial charge is 0.265 e. The first-order valence-corrected chi connectivity index (χ1v) is 6.98. The van der Waals surface area contributed by atoms with E-state index >= 15 is 0 Å². The summed E-state index contributed by atoms with van der Waals surface area (Å²) in [4.78, 5) is 3.91. The van der Waals surface area contributed by atoms with Gasteiger partial charge in [0, 0.05) is 18.0 Å². The second kappa shape index (κ2) is 5.23. The van der Waals surface area contributed by atoms with Crippen molar-refractivity contribution in [1.82, 2.24) is 24.7 Å². The van der Waals surface area contributed by atoms with Crippen molar-refractivity contribution in [3.8, 4) is 11.3 Å². The molecule has 0 aliphatic carbocycles. The van der Waals surface area contributed by atoms with Gasteiger partial charge in [0.25, 0.3) is 0 Å². The van der Waals surface area contributed by atoms with Crippen molar-refractivity contribution in [2.24, 2.45) is 0 Å². The quantitative estimate of drug-likeness (QED) is 0.816. The minimum atomic E-state index is -3.22. The number of hydrogen-bond acceptors (Lipinski definition) is 5. The van der Waals surface area contributed by atoms with Gasteiger partial charge in [0.15, 0.2) is 0 Å². The number of hydrogen-bond donors (Lipinski definition) is 1. The van der Waals surface area contributed by atoms with Gasteiger partial charge >= 0.3 is 0 Å². The Hall–Kier alpha value is -1.80. The lowest BCUT2D eigenvalue weighted by atomic mass is 10.2. The van der Waals surface area contributed by atoms with Crippen LogP contribution in [0.4, 0.5) is 0 Å². The predicted octanol–water partition coefficient (Wildman–Crippen LogP) is -0.111. The lowest BCUT2D eigenvalue weighted by Crippen LogP contribution is -2.24. The zero-order valence-electron chi connectivity index (χ0n) is 9.81. The monoisotopic (exact) mass is 267 g/mol. The van der Waals surface area contributed by atoms with Crippen LogP contribution in [0.5, 0.6) is 0 Å². The summed E-state index contributed by atoms with van der Waals surface area (Å²) in [5, 5.41) is 7.87. The van der Waals surface area contributed by atoms with E-state index in [-0.39, 0.29) is 12.3 Å². The van der Waals surface area contributed by atoms with E-state index in [1.54, 1.807) is 18.6 Å². The molecule has 7 nitrogen and oxygen atoms in total. The summed E-state index contributed by atoms with van der Waals surface area (Å²) >= 11 is 0. The van der Waals surface area contributed by atoms with Crippen LogP contribution in [0.25, 0.3) is 11.3 Å². The van der Waals surface area contributed by atoms with Crippen molar-refractivity contribution >= 4 is 10.0 Å². The first kappa shape index (κ1) is 12.7. The highest BCUT2D eigenvalue weighted by molar-refractivity contribution is 7.89. The minimum absolute atomic E-state index is 0.0252. The van der Waals surface area contributed by atoms with Gasteiger partial charge in [0.1, 0.15) is 5.69 Å². The molecular weight excluding hydrogens is 254 g/mol. The van der Waals surface area contributed by atoms with Crippen LogP contribution < -0.4 is 4.72 Å². The number of nitrogens with zero attached hydrogens (tertiary/aromatic N) is 4. The number of nitrogens with one attached hydrogen (secondary N) is 1. The molecule has 0 aromatic carbocycles. The van der Waals surface area contributed by atoms with Crippen LogP contribution in [-0.2, 0) is 16.6 Å². The molecule has 0 amide bonds. The summed E-state index contributed by atoms with van der Waals surface area (Å²) in [6.45, 7) is 0.265. The second-order valence-electron chi connectivity index (χ2n) is 3.63. The second-order valence-corrected chi connectivity index (χ2v) is 5.67. The van der Waals surface area contributed by atoms with Crippen LogP contribution in [0.3, 0.4) is 0 Å². The number of sulfonamides is 1. The molecule has 0 saturated carbocycles. The number of rotatable bonds is 5. The Morgan fingerprint density at radius 2 is 2.06 bits per heavy atom. The lowest BCUT2D eigenvalue weighted by Gasteiger charge is -2.01.